The van der Waals surface area contributed by atoms with Crippen LogP contribution in [0.25, 0.3) is 11.0 Å². The summed E-state index contributed by atoms with van der Waals surface area (Å²) in [5.74, 6) is 0.413. The maximum Gasteiger partial charge on any atom is 0.243 e. The van der Waals surface area contributed by atoms with E-state index in [0.29, 0.717) is 25.9 Å². The molecule has 0 unspecified atom stereocenters. The van der Waals surface area contributed by atoms with Gasteiger partial charge in [0.15, 0.2) is 0 Å². The third kappa shape index (κ3) is 5.94. The summed E-state index contributed by atoms with van der Waals surface area (Å²) in [7, 11) is 0. The summed E-state index contributed by atoms with van der Waals surface area (Å²) in [6.07, 6.45) is 0.713. The second-order valence-corrected chi connectivity index (χ2v) is 11.6. The summed E-state index contributed by atoms with van der Waals surface area (Å²) in [5.41, 5.74) is 14.3. The Bertz CT molecular complexity index is 1810. The summed E-state index contributed by atoms with van der Waals surface area (Å²) in [6, 6.07) is 27.8. The van der Waals surface area contributed by atoms with Gasteiger partial charge in [-0.25, -0.2) is 4.98 Å². The van der Waals surface area contributed by atoms with E-state index >= 15 is 0 Å². The lowest BCUT2D eigenvalue weighted by molar-refractivity contribution is -0.142. The monoisotopic (exact) mass is 587 g/mol. The first kappa shape index (κ1) is 29.1. The van der Waals surface area contributed by atoms with Gasteiger partial charge in [-0.1, -0.05) is 66.7 Å². The topological polar surface area (TPSA) is 113 Å². The highest BCUT2D eigenvalue weighted by molar-refractivity contribution is 5.90. The van der Waals surface area contributed by atoms with Gasteiger partial charge in [0, 0.05) is 19.5 Å². The average Bonchev–Trinajstić information content (AvgIpc) is 3.37. The molecule has 1 aromatic heterocycles. The normalized spacial score (nSPS) is 15.2. The third-order valence-electron chi connectivity index (χ3n) is 8.59. The van der Waals surface area contributed by atoms with Crippen LogP contribution < -0.4 is 11.1 Å². The minimum atomic E-state index is -0.840. The van der Waals surface area contributed by atoms with E-state index in [9.17, 15) is 14.7 Å². The van der Waals surface area contributed by atoms with Crippen molar-refractivity contribution in [1.29, 1.82) is 0 Å². The average molecular weight is 588 g/mol. The van der Waals surface area contributed by atoms with Gasteiger partial charge >= 0.3 is 0 Å². The number of carbonyl (C=O) groups is 2. The molecule has 44 heavy (non-hydrogen) atoms. The summed E-state index contributed by atoms with van der Waals surface area (Å²) in [4.78, 5) is 34.3. The number of benzene rings is 4. The Balaban J connectivity index is 1.24. The van der Waals surface area contributed by atoms with Crippen molar-refractivity contribution in [2.45, 2.75) is 58.4 Å². The molecule has 0 fully saturated rings. The fourth-order valence-corrected chi connectivity index (χ4v) is 6.29. The van der Waals surface area contributed by atoms with Crippen molar-refractivity contribution in [3.63, 3.8) is 0 Å². The molecule has 8 nitrogen and oxygen atoms in total. The molecule has 2 atom stereocenters. The van der Waals surface area contributed by atoms with Gasteiger partial charge in [-0.05, 0) is 77.9 Å². The highest BCUT2D eigenvalue weighted by Crippen LogP contribution is 2.27. The van der Waals surface area contributed by atoms with Crippen LogP contribution in [0.4, 0.5) is 0 Å². The molecule has 4 N–H and O–H groups in total. The number of para-hydroxylation sites is 2. The number of rotatable bonds is 8. The lowest BCUT2D eigenvalue weighted by Gasteiger charge is -2.37. The zero-order chi connectivity index (χ0) is 30.8. The second kappa shape index (κ2) is 12.3. The molecular formula is C36H37N5O3. The zero-order valence-electron chi connectivity index (χ0n) is 25.0. The molecule has 6 rings (SSSR count). The standard InChI is InChI=1S/C36H37N5O3/c1-23-16-28(42)17-24(2)29(23)19-30(37)36(44)41-22-27-13-7-6-12-26(27)18-33(41)35(43)38-20-34-39-31-14-8-9-15-32(31)40(34)21-25-10-4-3-5-11-25/h3-17,30,33,42H,18-22,37H2,1-2H3,(H,38,43)/t30-,33-/m0/s1. The third-order valence-corrected chi connectivity index (χ3v) is 8.59. The van der Waals surface area contributed by atoms with Crippen molar-refractivity contribution >= 4 is 22.8 Å². The Morgan fingerprint density at radius 1 is 0.955 bits per heavy atom. The lowest BCUT2D eigenvalue weighted by Crippen LogP contribution is -2.56. The van der Waals surface area contributed by atoms with Crippen molar-refractivity contribution in [2.24, 2.45) is 5.73 Å². The number of fused-ring (bicyclic) bond motifs is 2. The Hall–Kier alpha value is -4.95. The molecule has 8 heteroatoms. The highest BCUT2D eigenvalue weighted by atomic mass is 16.3. The van der Waals surface area contributed by atoms with E-state index in [4.69, 9.17) is 10.7 Å². The van der Waals surface area contributed by atoms with Crippen molar-refractivity contribution in [1.82, 2.24) is 19.8 Å². The number of hydrogen-bond acceptors (Lipinski definition) is 5. The molecule has 0 bridgehead atoms. The largest absolute Gasteiger partial charge is 0.508 e. The number of nitrogens with one attached hydrogen (secondary N) is 1. The molecule has 0 radical (unpaired) electrons. The van der Waals surface area contributed by atoms with Crippen LogP contribution in [0.1, 0.15) is 39.2 Å². The second-order valence-electron chi connectivity index (χ2n) is 11.6. The number of aromatic nitrogens is 2. The number of amides is 2. The zero-order valence-corrected chi connectivity index (χ0v) is 25.0. The maximum absolute atomic E-state index is 13.9. The van der Waals surface area contributed by atoms with Gasteiger partial charge < -0.3 is 25.6 Å². The van der Waals surface area contributed by atoms with Crippen LogP contribution in [0, 0.1) is 13.8 Å². The fourth-order valence-electron chi connectivity index (χ4n) is 6.29. The van der Waals surface area contributed by atoms with E-state index < -0.39 is 12.1 Å². The Kier molecular flexibility index (Phi) is 8.17. The van der Waals surface area contributed by atoms with E-state index in [0.717, 1.165) is 50.2 Å². The van der Waals surface area contributed by atoms with Crippen LogP contribution >= 0.6 is 0 Å². The predicted octanol–water partition coefficient (Wildman–Crippen LogP) is 4.55. The Labute approximate surface area is 257 Å². The molecule has 2 amide bonds. The van der Waals surface area contributed by atoms with Crippen molar-refractivity contribution < 1.29 is 14.7 Å². The molecule has 0 aliphatic carbocycles. The first-order valence-corrected chi connectivity index (χ1v) is 15.0. The summed E-state index contributed by atoms with van der Waals surface area (Å²) in [5, 5.41) is 13.1. The van der Waals surface area contributed by atoms with Gasteiger partial charge in [0.2, 0.25) is 11.8 Å². The minimum Gasteiger partial charge on any atom is -0.508 e. The van der Waals surface area contributed by atoms with Gasteiger partial charge in [0.05, 0.1) is 23.6 Å². The fraction of sp³-hybridized carbons (Fsp3) is 0.250. The summed E-state index contributed by atoms with van der Waals surface area (Å²) >= 11 is 0. The van der Waals surface area contributed by atoms with E-state index in [-0.39, 0.29) is 24.1 Å². The number of hydrogen-bond donors (Lipinski definition) is 3. The van der Waals surface area contributed by atoms with Crippen LogP contribution in [-0.4, -0.2) is 43.5 Å². The van der Waals surface area contributed by atoms with Gasteiger partial charge in [-0.3, -0.25) is 9.59 Å². The molecule has 1 aliphatic rings. The van der Waals surface area contributed by atoms with E-state index in [1.54, 1.807) is 17.0 Å². The molecule has 1 aliphatic heterocycles. The Morgan fingerprint density at radius 2 is 1.61 bits per heavy atom. The van der Waals surface area contributed by atoms with Gasteiger partial charge in [-0.2, -0.15) is 0 Å². The number of phenolic OH excluding ortho intramolecular Hbond substituents is 1. The molecule has 5 aromatic rings. The molecule has 0 saturated heterocycles. The van der Waals surface area contributed by atoms with Crippen molar-refractivity contribution in [3.05, 3.63) is 130 Å². The smallest absolute Gasteiger partial charge is 0.243 e. The quantitative estimate of drug-likeness (QED) is 0.247. The number of nitrogens with zero attached hydrogens (tertiary/aromatic N) is 3. The van der Waals surface area contributed by atoms with Gasteiger partial charge in [-0.15, -0.1) is 0 Å². The maximum atomic E-state index is 13.9. The van der Waals surface area contributed by atoms with Crippen molar-refractivity contribution in [2.75, 3.05) is 0 Å². The predicted molar refractivity (Wildman–Crippen MR) is 171 cm³/mol. The van der Waals surface area contributed by atoms with Crippen LogP contribution in [0.3, 0.4) is 0 Å². The van der Waals surface area contributed by atoms with Crippen LogP contribution in [0.5, 0.6) is 5.75 Å². The number of imidazole rings is 1. The van der Waals surface area contributed by atoms with Gasteiger partial charge in [0.25, 0.3) is 0 Å². The number of aryl methyl sites for hydroxylation is 2. The molecule has 2 heterocycles. The van der Waals surface area contributed by atoms with E-state index in [1.165, 1.54) is 0 Å². The summed E-state index contributed by atoms with van der Waals surface area (Å²) < 4.78 is 2.13. The molecular weight excluding hydrogens is 550 g/mol. The molecule has 0 saturated carbocycles. The van der Waals surface area contributed by atoms with Crippen LogP contribution in [0.15, 0.2) is 91.0 Å². The molecule has 224 valence electrons. The highest BCUT2D eigenvalue weighted by Gasteiger charge is 2.36. The first-order valence-electron chi connectivity index (χ1n) is 15.0. The number of phenols is 1. The SMILES string of the molecule is Cc1cc(O)cc(C)c1C[C@H](N)C(=O)N1Cc2ccccc2C[C@H]1C(=O)NCc1nc2ccccc2n1Cc1ccccc1. The van der Waals surface area contributed by atoms with E-state index in [2.05, 4.69) is 22.0 Å². The van der Waals surface area contributed by atoms with E-state index in [1.807, 2.05) is 80.6 Å². The minimum absolute atomic E-state index is 0.185. The molecule has 4 aromatic carbocycles. The summed E-state index contributed by atoms with van der Waals surface area (Å²) in [6.45, 7) is 4.95. The lowest BCUT2D eigenvalue weighted by atomic mass is 9.91. The first-order chi connectivity index (χ1) is 21.3. The van der Waals surface area contributed by atoms with Crippen molar-refractivity contribution in [3.8, 4) is 5.75 Å². The Morgan fingerprint density at radius 3 is 2.36 bits per heavy atom. The number of aromatic hydroxyl groups is 1. The van der Waals surface area contributed by atoms with Crippen LogP contribution in [-0.2, 0) is 42.1 Å². The number of nitrogens with two attached hydrogens (primary N) is 1. The molecule has 0 spiro atoms. The van der Waals surface area contributed by atoms with Crippen LogP contribution in [0.2, 0.25) is 0 Å². The van der Waals surface area contributed by atoms with Gasteiger partial charge in [0.1, 0.15) is 17.6 Å². The number of carbonyl (C=O) groups excluding carboxylic acids is 2.